The molecule has 0 aliphatic carbocycles. The maximum absolute atomic E-state index is 11.8. The van der Waals surface area contributed by atoms with E-state index in [1.807, 2.05) is 0 Å². The summed E-state index contributed by atoms with van der Waals surface area (Å²) in [6.07, 6.45) is 0.186. The van der Waals surface area contributed by atoms with Gasteiger partial charge in [-0.1, -0.05) is 35.9 Å². The first-order chi connectivity index (χ1) is 13.9. The van der Waals surface area contributed by atoms with Gasteiger partial charge in [0, 0.05) is 29.1 Å². The van der Waals surface area contributed by atoms with Crippen LogP contribution in [0.4, 0.5) is 5.69 Å². The molecular formula is C20H20ClN3O5. The average Bonchev–Trinajstić information content (AvgIpc) is 2.71. The maximum Gasteiger partial charge on any atom is 0.306 e. The molecule has 29 heavy (non-hydrogen) atoms. The highest BCUT2D eigenvalue weighted by Gasteiger charge is 2.10. The second kappa shape index (κ2) is 11.5. The van der Waals surface area contributed by atoms with Gasteiger partial charge in [-0.3, -0.25) is 30.0 Å². The lowest BCUT2D eigenvalue weighted by molar-refractivity contribution is -0.147. The summed E-state index contributed by atoms with van der Waals surface area (Å²) >= 11 is 5.82. The van der Waals surface area contributed by atoms with Crippen LogP contribution in [-0.2, 0) is 19.1 Å². The first-order valence-corrected chi connectivity index (χ1v) is 9.17. The number of carbonyl (C=O) groups is 4. The number of hydrogen-bond acceptors (Lipinski definition) is 5. The lowest BCUT2D eigenvalue weighted by Gasteiger charge is -2.08. The van der Waals surface area contributed by atoms with Crippen molar-refractivity contribution in [2.24, 2.45) is 0 Å². The highest BCUT2D eigenvalue weighted by atomic mass is 35.5. The Morgan fingerprint density at radius 2 is 1.62 bits per heavy atom. The molecule has 0 saturated carbocycles. The Morgan fingerprint density at radius 1 is 0.862 bits per heavy atom. The van der Waals surface area contributed by atoms with E-state index in [1.54, 1.807) is 54.6 Å². The molecule has 0 aliphatic heterocycles. The minimum absolute atomic E-state index is 0.0128. The van der Waals surface area contributed by atoms with E-state index in [2.05, 4.69) is 16.2 Å². The van der Waals surface area contributed by atoms with E-state index in [4.69, 9.17) is 16.3 Å². The Labute approximate surface area is 172 Å². The molecule has 0 spiro atoms. The third kappa shape index (κ3) is 8.44. The van der Waals surface area contributed by atoms with Crippen molar-refractivity contribution < 1.29 is 23.9 Å². The highest BCUT2D eigenvalue weighted by Crippen LogP contribution is 2.14. The molecule has 0 aromatic heterocycles. The van der Waals surface area contributed by atoms with Crippen molar-refractivity contribution >= 4 is 41.0 Å². The van der Waals surface area contributed by atoms with Crippen molar-refractivity contribution in [3.8, 4) is 0 Å². The minimum Gasteiger partial charge on any atom is -0.456 e. The van der Waals surface area contributed by atoms with Crippen molar-refractivity contribution in [3.05, 3.63) is 65.2 Å². The summed E-state index contributed by atoms with van der Waals surface area (Å²) in [5, 5.41) is 3.02. The summed E-state index contributed by atoms with van der Waals surface area (Å²) in [7, 11) is 0. The number of esters is 1. The number of ether oxygens (including phenoxy) is 1. The van der Waals surface area contributed by atoms with Crippen molar-refractivity contribution in [2.75, 3.05) is 11.9 Å². The van der Waals surface area contributed by atoms with Crippen LogP contribution in [0.25, 0.3) is 0 Å². The molecule has 0 heterocycles. The van der Waals surface area contributed by atoms with Crippen molar-refractivity contribution in [1.29, 1.82) is 0 Å². The molecule has 9 heteroatoms. The third-order valence-electron chi connectivity index (χ3n) is 3.61. The monoisotopic (exact) mass is 417 g/mol. The van der Waals surface area contributed by atoms with Gasteiger partial charge in [-0.2, -0.15) is 0 Å². The molecule has 3 amide bonds. The lowest BCUT2D eigenvalue weighted by atomic mass is 10.2. The normalized spacial score (nSPS) is 9.97. The van der Waals surface area contributed by atoms with Gasteiger partial charge in [0.25, 0.3) is 11.8 Å². The summed E-state index contributed by atoms with van der Waals surface area (Å²) in [6.45, 7) is -0.440. The Kier molecular flexibility index (Phi) is 8.65. The summed E-state index contributed by atoms with van der Waals surface area (Å²) < 4.78 is 4.86. The summed E-state index contributed by atoms with van der Waals surface area (Å²) in [5.41, 5.74) is 5.46. The zero-order valence-corrected chi connectivity index (χ0v) is 16.2. The third-order valence-corrected chi connectivity index (χ3v) is 3.84. The van der Waals surface area contributed by atoms with Crippen LogP contribution < -0.4 is 16.2 Å². The van der Waals surface area contributed by atoms with Gasteiger partial charge < -0.3 is 10.1 Å². The zero-order valence-electron chi connectivity index (χ0n) is 15.4. The van der Waals surface area contributed by atoms with Crippen LogP contribution in [0.5, 0.6) is 0 Å². The van der Waals surface area contributed by atoms with Gasteiger partial charge in [-0.05, 0) is 36.8 Å². The van der Waals surface area contributed by atoms with Crippen LogP contribution in [0.2, 0.25) is 5.02 Å². The maximum atomic E-state index is 11.8. The van der Waals surface area contributed by atoms with Crippen molar-refractivity contribution in [2.45, 2.75) is 19.3 Å². The second-order valence-corrected chi connectivity index (χ2v) is 6.38. The number of anilines is 1. The molecule has 0 aliphatic rings. The number of hydrogen-bond donors (Lipinski definition) is 3. The standard InChI is InChI=1S/C20H20ClN3O5/c21-15-8-4-9-16(12-15)22-18(26)13-29-19(27)11-5-10-17(25)23-24-20(28)14-6-2-1-3-7-14/h1-4,6-9,12H,5,10-11,13H2,(H,22,26)(H,23,25)(H,24,28). The molecule has 2 aromatic carbocycles. The Morgan fingerprint density at radius 3 is 2.34 bits per heavy atom. The fourth-order valence-corrected chi connectivity index (χ4v) is 2.42. The highest BCUT2D eigenvalue weighted by molar-refractivity contribution is 6.30. The van der Waals surface area contributed by atoms with Crippen LogP contribution in [-0.4, -0.2) is 30.3 Å². The summed E-state index contributed by atoms with van der Waals surface area (Å²) in [6, 6.07) is 15.0. The fraction of sp³-hybridized carbons (Fsp3) is 0.200. The van der Waals surface area contributed by atoms with Crippen LogP contribution in [0, 0.1) is 0 Å². The number of halogens is 1. The fourth-order valence-electron chi connectivity index (χ4n) is 2.23. The second-order valence-electron chi connectivity index (χ2n) is 5.94. The summed E-state index contributed by atoms with van der Waals surface area (Å²) in [4.78, 5) is 46.9. The molecule has 0 atom stereocenters. The predicted octanol–water partition coefficient (Wildman–Crippen LogP) is 2.45. The van der Waals surface area contributed by atoms with Crippen LogP contribution >= 0.6 is 11.6 Å². The van der Waals surface area contributed by atoms with Crippen molar-refractivity contribution in [3.63, 3.8) is 0 Å². The quantitative estimate of drug-likeness (QED) is 0.451. The molecule has 2 rings (SSSR count). The van der Waals surface area contributed by atoms with Gasteiger partial charge in [0.1, 0.15) is 0 Å². The van der Waals surface area contributed by atoms with E-state index in [-0.39, 0.29) is 19.3 Å². The Bertz CT molecular complexity index is 873. The van der Waals surface area contributed by atoms with Gasteiger partial charge >= 0.3 is 5.97 Å². The van der Waals surface area contributed by atoms with E-state index in [0.29, 0.717) is 16.3 Å². The van der Waals surface area contributed by atoms with E-state index in [9.17, 15) is 19.2 Å². The molecule has 0 radical (unpaired) electrons. The minimum atomic E-state index is -0.604. The number of rotatable bonds is 8. The smallest absolute Gasteiger partial charge is 0.306 e. The Balaban J connectivity index is 1.58. The number of carbonyl (C=O) groups excluding carboxylic acids is 4. The molecule has 0 saturated heterocycles. The van der Waals surface area contributed by atoms with Crippen LogP contribution in [0.3, 0.4) is 0 Å². The number of benzene rings is 2. The van der Waals surface area contributed by atoms with Gasteiger partial charge in [-0.25, -0.2) is 0 Å². The number of amides is 3. The van der Waals surface area contributed by atoms with Crippen LogP contribution in [0.1, 0.15) is 29.6 Å². The molecule has 152 valence electrons. The van der Waals surface area contributed by atoms with Crippen LogP contribution in [0.15, 0.2) is 54.6 Å². The van der Waals surface area contributed by atoms with E-state index in [1.165, 1.54) is 0 Å². The van der Waals surface area contributed by atoms with Gasteiger partial charge in [0.15, 0.2) is 6.61 Å². The first kappa shape index (κ1) is 21.9. The van der Waals surface area contributed by atoms with Gasteiger partial charge in [0.05, 0.1) is 0 Å². The molecule has 8 nitrogen and oxygen atoms in total. The predicted molar refractivity (Wildman–Crippen MR) is 107 cm³/mol. The van der Waals surface area contributed by atoms with Gasteiger partial charge in [-0.15, -0.1) is 0 Å². The SMILES string of the molecule is O=C(CCCC(=O)OCC(=O)Nc1cccc(Cl)c1)NNC(=O)c1ccccc1. The Hall–Kier alpha value is -3.39. The van der Waals surface area contributed by atoms with E-state index >= 15 is 0 Å². The molecule has 3 N–H and O–H groups in total. The molecular weight excluding hydrogens is 398 g/mol. The first-order valence-electron chi connectivity index (χ1n) is 8.79. The lowest BCUT2D eigenvalue weighted by Crippen LogP contribution is -2.41. The van der Waals surface area contributed by atoms with Crippen molar-refractivity contribution in [1.82, 2.24) is 10.9 Å². The summed E-state index contributed by atoms with van der Waals surface area (Å²) in [5.74, 6) is -1.99. The molecule has 0 bridgehead atoms. The molecule has 0 fully saturated rings. The average molecular weight is 418 g/mol. The molecule has 2 aromatic rings. The zero-order chi connectivity index (χ0) is 21.1. The van der Waals surface area contributed by atoms with Gasteiger partial charge in [0.2, 0.25) is 5.91 Å². The number of nitrogens with one attached hydrogen (secondary N) is 3. The molecule has 0 unspecified atom stereocenters. The van der Waals surface area contributed by atoms with E-state index in [0.717, 1.165) is 0 Å². The topological polar surface area (TPSA) is 114 Å². The van der Waals surface area contributed by atoms with E-state index < -0.39 is 30.3 Å². The number of hydrazine groups is 1. The largest absolute Gasteiger partial charge is 0.456 e.